The minimum atomic E-state index is 0.0448. The number of fused-ring (bicyclic) bond motifs is 1. The molecule has 1 aromatic carbocycles. The molecule has 2 nitrogen and oxygen atoms in total. The molecule has 2 rings (SSSR count). The summed E-state index contributed by atoms with van der Waals surface area (Å²) in [6, 6.07) is 6.32. The van der Waals surface area contributed by atoms with Crippen molar-refractivity contribution in [3.8, 4) is 0 Å². The summed E-state index contributed by atoms with van der Waals surface area (Å²) in [4.78, 5) is 11.8. The number of nitrogens with one attached hydrogen (secondary N) is 1. The molecule has 0 aliphatic heterocycles. The van der Waals surface area contributed by atoms with Gasteiger partial charge in [0.2, 0.25) is 0 Å². The third-order valence-electron chi connectivity index (χ3n) is 3.03. The lowest BCUT2D eigenvalue weighted by atomic mass is 9.90. The number of carbonyl (C=O) groups excluding carboxylic acids is 1. The zero-order chi connectivity index (χ0) is 11.5. The molecule has 0 saturated carbocycles. The van der Waals surface area contributed by atoms with Gasteiger partial charge in [-0.3, -0.25) is 4.79 Å². The maximum Gasteiger partial charge on any atom is 0.251 e. The van der Waals surface area contributed by atoms with Gasteiger partial charge >= 0.3 is 0 Å². The zero-order valence-corrected chi connectivity index (χ0v) is 10.0. The maximum absolute atomic E-state index is 11.8. The molecule has 1 aliphatic carbocycles. The molecule has 0 spiro atoms. The Balaban J connectivity index is 2.19. The Labute approximate surface area is 97.1 Å². The van der Waals surface area contributed by atoms with E-state index in [0.29, 0.717) is 0 Å². The smallest absolute Gasteiger partial charge is 0.251 e. The topological polar surface area (TPSA) is 29.1 Å². The summed E-state index contributed by atoms with van der Waals surface area (Å²) in [5.41, 5.74) is 3.59. The highest BCUT2D eigenvalue weighted by atomic mass is 16.1. The molecular weight excluding hydrogens is 198 g/mol. The van der Waals surface area contributed by atoms with Crippen LogP contribution in [0.1, 0.15) is 48.2 Å². The van der Waals surface area contributed by atoms with Crippen LogP contribution in [0, 0.1) is 0 Å². The van der Waals surface area contributed by atoms with Gasteiger partial charge < -0.3 is 5.32 Å². The Morgan fingerprint density at radius 2 is 1.88 bits per heavy atom. The predicted molar refractivity (Wildman–Crippen MR) is 65.7 cm³/mol. The molecule has 0 saturated heterocycles. The molecule has 1 N–H and O–H groups in total. The van der Waals surface area contributed by atoms with Crippen molar-refractivity contribution in [1.82, 2.24) is 5.32 Å². The van der Waals surface area contributed by atoms with Crippen LogP contribution in [-0.2, 0) is 12.8 Å². The van der Waals surface area contributed by atoms with Gasteiger partial charge in [0.05, 0.1) is 0 Å². The highest BCUT2D eigenvalue weighted by molar-refractivity contribution is 5.94. The molecular formula is C14H19NO. The van der Waals surface area contributed by atoms with Gasteiger partial charge in [-0.15, -0.1) is 0 Å². The average Bonchev–Trinajstić information content (AvgIpc) is 2.27. The number of carbonyl (C=O) groups is 1. The van der Waals surface area contributed by atoms with E-state index in [1.165, 1.54) is 30.4 Å². The molecule has 0 aromatic heterocycles. The lowest BCUT2D eigenvalue weighted by Gasteiger charge is -2.16. The summed E-state index contributed by atoms with van der Waals surface area (Å²) in [6.07, 6.45) is 4.83. The van der Waals surface area contributed by atoms with Crippen molar-refractivity contribution in [3.05, 3.63) is 34.9 Å². The summed E-state index contributed by atoms with van der Waals surface area (Å²) >= 11 is 0. The van der Waals surface area contributed by atoms with Crippen molar-refractivity contribution in [2.75, 3.05) is 0 Å². The molecule has 1 aromatic rings. The van der Waals surface area contributed by atoms with Crippen LogP contribution in [0.2, 0.25) is 0 Å². The first kappa shape index (κ1) is 11.2. The molecule has 1 amide bonds. The largest absolute Gasteiger partial charge is 0.350 e. The van der Waals surface area contributed by atoms with Crippen LogP contribution in [0.5, 0.6) is 0 Å². The van der Waals surface area contributed by atoms with Gasteiger partial charge in [-0.1, -0.05) is 6.07 Å². The second-order valence-corrected chi connectivity index (χ2v) is 4.82. The highest BCUT2D eigenvalue weighted by Gasteiger charge is 2.12. The standard InChI is InChI=1S/C14H19NO/c1-10(2)15-14(16)13-8-7-11-5-3-4-6-12(11)9-13/h7-10H,3-6H2,1-2H3,(H,15,16). The number of rotatable bonds is 2. The van der Waals surface area contributed by atoms with Crippen molar-refractivity contribution in [2.45, 2.75) is 45.6 Å². The molecule has 0 heterocycles. The zero-order valence-electron chi connectivity index (χ0n) is 10.0. The second-order valence-electron chi connectivity index (χ2n) is 4.82. The van der Waals surface area contributed by atoms with Crippen LogP contribution in [0.15, 0.2) is 18.2 Å². The third kappa shape index (κ3) is 2.43. The summed E-state index contributed by atoms with van der Waals surface area (Å²) in [6.45, 7) is 3.96. The van der Waals surface area contributed by atoms with E-state index in [0.717, 1.165) is 12.0 Å². The fourth-order valence-corrected chi connectivity index (χ4v) is 2.22. The summed E-state index contributed by atoms with van der Waals surface area (Å²) < 4.78 is 0. The molecule has 0 fully saturated rings. The van der Waals surface area contributed by atoms with Crippen molar-refractivity contribution in [3.63, 3.8) is 0 Å². The van der Waals surface area contributed by atoms with Gasteiger partial charge in [-0.05, 0) is 62.8 Å². The number of amides is 1. The third-order valence-corrected chi connectivity index (χ3v) is 3.03. The lowest BCUT2D eigenvalue weighted by molar-refractivity contribution is 0.0943. The van der Waals surface area contributed by atoms with Gasteiger partial charge in [0.25, 0.3) is 5.91 Å². The van der Waals surface area contributed by atoms with E-state index in [4.69, 9.17) is 0 Å². The van der Waals surface area contributed by atoms with E-state index in [9.17, 15) is 4.79 Å². The maximum atomic E-state index is 11.8. The molecule has 86 valence electrons. The van der Waals surface area contributed by atoms with Crippen LogP contribution in [0.3, 0.4) is 0 Å². The quantitative estimate of drug-likeness (QED) is 0.810. The Morgan fingerprint density at radius 1 is 1.19 bits per heavy atom. The van der Waals surface area contributed by atoms with Gasteiger partial charge in [-0.25, -0.2) is 0 Å². The Bertz CT molecular complexity index is 396. The molecule has 2 heteroatoms. The minimum Gasteiger partial charge on any atom is -0.350 e. The van der Waals surface area contributed by atoms with Gasteiger partial charge in [0, 0.05) is 11.6 Å². The summed E-state index contributed by atoms with van der Waals surface area (Å²) in [7, 11) is 0. The summed E-state index contributed by atoms with van der Waals surface area (Å²) in [5.74, 6) is 0.0448. The van der Waals surface area contributed by atoms with E-state index < -0.39 is 0 Å². The predicted octanol–water partition coefficient (Wildman–Crippen LogP) is 2.70. The SMILES string of the molecule is CC(C)NC(=O)c1ccc2c(c1)CCCC2. The van der Waals surface area contributed by atoms with Gasteiger partial charge in [0.1, 0.15) is 0 Å². The molecule has 1 aliphatic rings. The molecule has 0 radical (unpaired) electrons. The average molecular weight is 217 g/mol. The second kappa shape index (κ2) is 4.69. The van der Waals surface area contributed by atoms with Crippen molar-refractivity contribution in [1.29, 1.82) is 0 Å². The number of hydrogen-bond donors (Lipinski definition) is 1. The Morgan fingerprint density at radius 3 is 2.56 bits per heavy atom. The molecule has 0 atom stereocenters. The van der Waals surface area contributed by atoms with Crippen LogP contribution >= 0.6 is 0 Å². The number of aryl methyl sites for hydroxylation is 2. The Kier molecular flexibility index (Phi) is 3.28. The van der Waals surface area contributed by atoms with Crippen LogP contribution in [-0.4, -0.2) is 11.9 Å². The monoisotopic (exact) mass is 217 g/mol. The van der Waals surface area contributed by atoms with Crippen LogP contribution in [0.4, 0.5) is 0 Å². The number of hydrogen-bond acceptors (Lipinski definition) is 1. The first-order chi connectivity index (χ1) is 7.66. The minimum absolute atomic E-state index is 0.0448. The van der Waals surface area contributed by atoms with E-state index in [2.05, 4.69) is 17.4 Å². The van der Waals surface area contributed by atoms with E-state index in [1.807, 2.05) is 19.9 Å². The van der Waals surface area contributed by atoms with Crippen LogP contribution in [0.25, 0.3) is 0 Å². The summed E-state index contributed by atoms with van der Waals surface area (Å²) in [5, 5.41) is 2.93. The van der Waals surface area contributed by atoms with Gasteiger partial charge in [-0.2, -0.15) is 0 Å². The first-order valence-electron chi connectivity index (χ1n) is 6.09. The number of benzene rings is 1. The van der Waals surface area contributed by atoms with E-state index in [1.54, 1.807) is 0 Å². The normalized spacial score (nSPS) is 14.7. The fraction of sp³-hybridized carbons (Fsp3) is 0.500. The van der Waals surface area contributed by atoms with Crippen molar-refractivity contribution in [2.24, 2.45) is 0 Å². The first-order valence-corrected chi connectivity index (χ1v) is 6.09. The van der Waals surface area contributed by atoms with Crippen molar-refractivity contribution >= 4 is 5.91 Å². The fourth-order valence-electron chi connectivity index (χ4n) is 2.22. The molecule has 0 bridgehead atoms. The highest BCUT2D eigenvalue weighted by Crippen LogP contribution is 2.22. The Hall–Kier alpha value is -1.31. The lowest BCUT2D eigenvalue weighted by Crippen LogP contribution is -2.30. The van der Waals surface area contributed by atoms with Crippen molar-refractivity contribution < 1.29 is 4.79 Å². The molecule has 16 heavy (non-hydrogen) atoms. The van der Waals surface area contributed by atoms with Crippen LogP contribution < -0.4 is 5.32 Å². The van der Waals surface area contributed by atoms with Gasteiger partial charge in [0.15, 0.2) is 0 Å². The van der Waals surface area contributed by atoms with E-state index >= 15 is 0 Å². The molecule has 0 unspecified atom stereocenters. The van der Waals surface area contributed by atoms with E-state index in [-0.39, 0.29) is 11.9 Å².